The third kappa shape index (κ3) is 4.02. The van der Waals surface area contributed by atoms with Crippen LogP contribution in [0.3, 0.4) is 0 Å². The first-order valence-corrected chi connectivity index (χ1v) is 8.67. The fourth-order valence-corrected chi connectivity index (χ4v) is 3.46. The van der Waals surface area contributed by atoms with Gasteiger partial charge in [-0.25, -0.2) is 0 Å². The van der Waals surface area contributed by atoms with Gasteiger partial charge < -0.3 is 15.0 Å². The highest BCUT2D eigenvalue weighted by atomic mass is 16.5. The van der Waals surface area contributed by atoms with E-state index in [2.05, 4.69) is 28.2 Å². The highest BCUT2D eigenvalue weighted by molar-refractivity contribution is 5.78. The van der Waals surface area contributed by atoms with Crippen LogP contribution >= 0.6 is 0 Å². The number of nitrogens with zero attached hydrogens (tertiary/aromatic N) is 2. The zero-order chi connectivity index (χ0) is 16.2. The van der Waals surface area contributed by atoms with Crippen LogP contribution in [0.4, 0.5) is 5.69 Å². The van der Waals surface area contributed by atoms with Gasteiger partial charge in [-0.2, -0.15) is 0 Å². The maximum absolute atomic E-state index is 12.0. The molecule has 23 heavy (non-hydrogen) atoms. The van der Waals surface area contributed by atoms with Crippen molar-refractivity contribution < 1.29 is 9.53 Å². The molecule has 0 bridgehead atoms. The summed E-state index contributed by atoms with van der Waals surface area (Å²) in [5.41, 5.74) is 3.62. The minimum atomic E-state index is 0.0672. The third-order valence-electron chi connectivity index (χ3n) is 5.03. The summed E-state index contributed by atoms with van der Waals surface area (Å²) in [6.07, 6.45) is 5.08. The lowest BCUT2D eigenvalue weighted by atomic mass is 9.95. The number of rotatable bonds is 4. The highest BCUT2D eigenvalue weighted by Gasteiger charge is 2.25. The molecule has 1 unspecified atom stereocenters. The van der Waals surface area contributed by atoms with E-state index in [9.17, 15) is 4.79 Å². The van der Waals surface area contributed by atoms with Crippen molar-refractivity contribution in [3.05, 3.63) is 23.5 Å². The molecule has 1 atom stereocenters. The maximum atomic E-state index is 12.0. The molecule has 0 spiro atoms. The Morgan fingerprint density at radius 3 is 2.83 bits per heavy atom. The van der Waals surface area contributed by atoms with E-state index in [-0.39, 0.29) is 11.8 Å². The van der Waals surface area contributed by atoms with Crippen molar-refractivity contribution in [3.8, 4) is 0 Å². The lowest BCUT2D eigenvalue weighted by Gasteiger charge is -2.34. The normalized spacial score (nSPS) is 22.3. The van der Waals surface area contributed by atoms with Gasteiger partial charge in [0.05, 0.1) is 12.5 Å². The Balaban J connectivity index is 1.46. The Bertz CT molecular complexity index is 547. The Morgan fingerprint density at radius 1 is 1.35 bits per heavy atom. The van der Waals surface area contributed by atoms with Gasteiger partial charge in [0, 0.05) is 43.8 Å². The van der Waals surface area contributed by atoms with Gasteiger partial charge in [0.2, 0.25) is 5.91 Å². The second kappa shape index (κ2) is 7.30. The summed E-state index contributed by atoms with van der Waals surface area (Å²) >= 11 is 0. The standard InChI is InChI=1S/C18H27N3O2/c1-13-10-19-14(2)9-17(13)21-6-3-15(4-7-21)11-20-18(22)16-5-8-23-12-16/h9-10,15-16H,3-8,11-12H2,1-2H3,(H,20,22). The third-order valence-corrected chi connectivity index (χ3v) is 5.03. The lowest BCUT2D eigenvalue weighted by Crippen LogP contribution is -2.40. The summed E-state index contributed by atoms with van der Waals surface area (Å²) in [6, 6.07) is 2.18. The quantitative estimate of drug-likeness (QED) is 0.923. The van der Waals surface area contributed by atoms with Gasteiger partial charge in [-0.3, -0.25) is 9.78 Å². The summed E-state index contributed by atoms with van der Waals surface area (Å²) < 4.78 is 5.28. The molecule has 0 radical (unpaired) electrons. The smallest absolute Gasteiger partial charge is 0.225 e. The van der Waals surface area contributed by atoms with E-state index in [4.69, 9.17) is 4.74 Å². The fraction of sp³-hybridized carbons (Fsp3) is 0.667. The number of hydrogen-bond donors (Lipinski definition) is 1. The molecule has 2 fully saturated rings. The molecule has 5 heteroatoms. The first-order chi connectivity index (χ1) is 11.1. The molecular formula is C18H27N3O2. The van der Waals surface area contributed by atoms with Crippen LogP contribution in [0.15, 0.2) is 12.3 Å². The number of aromatic nitrogens is 1. The molecule has 126 valence electrons. The number of hydrogen-bond acceptors (Lipinski definition) is 4. The van der Waals surface area contributed by atoms with Crippen molar-refractivity contribution in [2.45, 2.75) is 33.1 Å². The molecule has 0 saturated carbocycles. The van der Waals surface area contributed by atoms with E-state index in [0.717, 1.165) is 51.2 Å². The number of nitrogens with one attached hydrogen (secondary N) is 1. The van der Waals surface area contributed by atoms with Crippen LogP contribution in [0.2, 0.25) is 0 Å². The number of anilines is 1. The van der Waals surface area contributed by atoms with E-state index in [1.165, 1.54) is 11.3 Å². The molecule has 3 heterocycles. The summed E-state index contributed by atoms with van der Waals surface area (Å²) in [6.45, 7) is 8.38. The van der Waals surface area contributed by atoms with Gasteiger partial charge in [-0.1, -0.05) is 0 Å². The Kier molecular flexibility index (Phi) is 5.16. The number of aryl methyl sites for hydroxylation is 2. The Labute approximate surface area is 138 Å². The minimum Gasteiger partial charge on any atom is -0.381 e. The molecule has 5 nitrogen and oxygen atoms in total. The first kappa shape index (κ1) is 16.2. The van der Waals surface area contributed by atoms with Crippen molar-refractivity contribution in [2.75, 3.05) is 37.7 Å². The van der Waals surface area contributed by atoms with Crippen molar-refractivity contribution in [2.24, 2.45) is 11.8 Å². The van der Waals surface area contributed by atoms with Gasteiger partial charge in [0.1, 0.15) is 0 Å². The molecule has 1 aromatic heterocycles. The molecule has 3 rings (SSSR count). The van der Waals surface area contributed by atoms with Crippen LogP contribution in [-0.4, -0.2) is 43.7 Å². The molecule has 2 aliphatic rings. The van der Waals surface area contributed by atoms with Crippen LogP contribution in [0.25, 0.3) is 0 Å². The average molecular weight is 317 g/mol. The first-order valence-electron chi connectivity index (χ1n) is 8.67. The predicted molar refractivity (Wildman–Crippen MR) is 90.6 cm³/mol. The number of amides is 1. The van der Waals surface area contributed by atoms with E-state index in [1.807, 2.05) is 13.1 Å². The van der Waals surface area contributed by atoms with Gasteiger partial charge in [0.15, 0.2) is 0 Å². The van der Waals surface area contributed by atoms with Crippen LogP contribution < -0.4 is 10.2 Å². The van der Waals surface area contributed by atoms with E-state index < -0.39 is 0 Å². The number of piperidine rings is 1. The van der Waals surface area contributed by atoms with Crippen LogP contribution in [0.5, 0.6) is 0 Å². The summed E-state index contributed by atoms with van der Waals surface area (Å²) in [4.78, 5) is 18.9. The van der Waals surface area contributed by atoms with E-state index >= 15 is 0 Å². The number of carbonyl (C=O) groups excluding carboxylic acids is 1. The van der Waals surface area contributed by atoms with Gasteiger partial charge >= 0.3 is 0 Å². The molecule has 2 saturated heterocycles. The van der Waals surface area contributed by atoms with Gasteiger partial charge in [-0.15, -0.1) is 0 Å². The largest absolute Gasteiger partial charge is 0.381 e. The minimum absolute atomic E-state index is 0.0672. The Morgan fingerprint density at radius 2 is 2.13 bits per heavy atom. The zero-order valence-corrected chi connectivity index (χ0v) is 14.2. The van der Waals surface area contributed by atoms with E-state index in [0.29, 0.717) is 12.5 Å². The van der Waals surface area contributed by atoms with Crippen LogP contribution in [0.1, 0.15) is 30.5 Å². The molecular weight excluding hydrogens is 290 g/mol. The van der Waals surface area contributed by atoms with Crippen molar-refractivity contribution >= 4 is 11.6 Å². The van der Waals surface area contributed by atoms with E-state index in [1.54, 1.807) is 0 Å². The zero-order valence-electron chi connectivity index (χ0n) is 14.2. The van der Waals surface area contributed by atoms with Crippen molar-refractivity contribution in [1.82, 2.24) is 10.3 Å². The fourth-order valence-electron chi connectivity index (χ4n) is 3.46. The number of carbonyl (C=O) groups is 1. The topological polar surface area (TPSA) is 54.5 Å². The van der Waals surface area contributed by atoms with Crippen molar-refractivity contribution in [1.29, 1.82) is 0 Å². The highest BCUT2D eigenvalue weighted by Crippen LogP contribution is 2.26. The summed E-state index contributed by atoms with van der Waals surface area (Å²) in [5, 5.41) is 3.12. The lowest BCUT2D eigenvalue weighted by molar-refractivity contribution is -0.125. The molecule has 2 aliphatic heterocycles. The molecule has 1 amide bonds. The second-order valence-corrected chi connectivity index (χ2v) is 6.85. The van der Waals surface area contributed by atoms with Crippen LogP contribution in [-0.2, 0) is 9.53 Å². The molecule has 1 N–H and O–H groups in total. The SMILES string of the molecule is Cc1cc(N2CCC(CNC(=O)C3CCOC3)CC2)c(C)cn1. The average Bonchev–Trinajstić information content (AvgIpc) is 3.10. The van der Waals surface area contributed by atoms with Crippen LogP contribution in [0, 0.1) is 25.7 Å². The number of pyridine rings is 1. The predicted octanol–water partition coefficient (Wildman–Crippen LogP) is 2.07. The van der Waals surface area contributed by atoms with Gasteiger partial charge in [0.25, 0.3) is 0 Å². The monoisotopic (exact) mass is 317 g/mol. The molecule has 1 aromatic rings. The Hall–Kier alpha value is -1.62. The second-order valence-electron chi connectivity index (χ2n) is 6.85. The summed E-state index contributed by atoms with van der Waals surface area (Å²) in [7, 11) is 0. The van der Waals surface area contributed by atoms with Gasteiger partial charge in [-0.05, 0) is 50.7 Å². The molecule has 0 aliphatic carbocycles. The molecule has 0 aromatic carbocycles. The summed E-state index contributed by atoms with van der Waals surface area (Å²) in [5.74, 6) is 0.823. The maximum Gasteiger partial charge on any atom is 0.225 e. The number of ether oxygens (including phenoxy) is 1. The van der Waals surface area contributed by atoms with Crippen molar-refractivity contribution in [3.63, 3.8) is 0 Å².